The van der Waals surface area contributed by atoms with E-state index in [-0.39, 0.29) is 18.1 Å². The van der Waals surface area contributed by atoms with E-state index in [0.717, 1.165) is 29.8 Å². The molecule has 138 valence electrons. The summed E-state index contributed by atoms with van der Waals surface area (Å²) in [7, 11) is 1.33. The highest BCUT2D eigenvalue weighted by Crippen LogP contribution is 2.20. The van der Waals surface area contributed by atoms with Crippen LogP contribution in [0.4, 0.5) is 11.5 Å². The number of likely N-dealkylation sites (N-methyl/N-ethyl adjacent to an activating group) is 1. The van der Waals surface area contributed by atoms with E-state index in [9.17, 15) is 4.79 Å². The molecule has 25 heavy (non-hydrogen) atoms. The summed E-state index contributed by atoms with van der Waals surface area (Å²) in [6.07, 6.45) is 0. The van der Waals surface area contributed by atoms with Crippen molar-refractivity contribution in [3.05, 3.63) is 34.4 Å². The molecule has 0 aliphatic carbocycles. The third kappa shape index (κ3) is 5.98. The summed E-state index contributed by atoms with van der Waals surface area (Å²) in [6, 6.07) is 7.59. The van der Waals surface area contributed by atoms with Gasteiger partial charge < -0.3 is 15.0 Å². The first kappa shape index (κ1) is 21.4. The van der Waals surface area contributed by atoms with Crippen LogP contribution in [0.15, 0.2) is 28.7 Å². The Kier molecular flexibility index (Phi) is 8.88. The summed E-state index contributed by atoms with van der Waals surface area (Å²) in [6.45, 7) is 7.58. The number of nitrogens with one attached hydrogen (secondary N) is 1. The van der Waals surface area contributed by atoms with Crippen LogP contribution in [-0.2, 0) is 11.3 Å². The molecule has 1 aromatic carbocycles. The molecule has 9 heteroatoms. The van der Waals surface area contributed by atoms with Gasteiger partial charge in [-0.05, 0) is 37.4 Å². The van der Waals surface area contributed by atoms with Crippen LogP contribution in [0.5, 0.6) is 0 Å². The summed E-state index contributed by atoms with van der Waals surface area (Å²) >= 11 is 3.39. The quantitative estimate of drug-likeness (QED) is 0.645. The molecule has 0 amide bonds. The Bertz CT molecular complexity index is 674. The monoisotopic (exact) mass is 431 g/mol. The van der Waals surface area contributed by atoms with Crippen molar-refractivity contribution in [2.75, 3.05) is 32.1 Å². The van der Waals surface area contributed by atoms with Crippen molar-refractivity contribution in [2.45, 2.75) is 20.4 Å². The number of hydrogen-bond acceptors (Lipinski definition) is 6. The van der Waals surface area contributed by atoms with Gasteiger partial charge in [-0.3, -0.25) is 0 Å². The maximum absolute atomic E-state index is 11.9. The second-order valence-corrected chi connectivity index (χ2v) is 6.06. The van der Waals surface area contributed by atoms with E-state index in [2.05, 4.69) is 50.2 Å². The average molecular weight is 433 g/mol. The van der Waals surface area contributed by atoms with Crippen LogP contribution in [0.2, 0.25) is 0 Å². The number of methoxy groups -OCH3 is 1. The first-order valence-corrected chi connectivity index (χ1v) is 8.65. The van der Waals surface area contributed by atoms with E-state index in [0.29, 0.717) is 12.4 Å². The topological polar surface area (TPSA) is 72.3 Å². The Morgan fingerprint density at radius 1 is 1.24 bits per heavy atom. The number of rotatable bonds is 8. The van der Waals surface area contributed by atoms with Gasteiger partial charge in [0.15, 0.2) is 5.82 Å². The van der Waals surface area contributed by atoms with Gasteiger partial charge in [-0.25, -0.2) is 4.79 Å². The smallest absolute Gasteiger partial charge is 0.362 e. The number of hydrogen-bond donors (Lipinski definition) is 1. The molecule has 1 N–H and O–H groups in total. The molecule has 0 fully saturated rings. The molecule has 0 aliphatic rings. The minimum Gasteiger partial charge on any atom is -0.464 e. The van der Waals surface area contributed by atoms with Gasteiger partial charge in [0.25, 0.3) is 0 Å². The van der Waals surface area contributed by atoms with Crippen molar-refractivity contribution in [1.82, 2.24) is 19.9 Å². The van der Waals surface area contributed by atoms with E-state index in [4.69, 9.17) is 4.74 Å². The molecule has 1 aromatic heterocycles. The second kappa shape index (κ2) is 10.4. The van der Waals surface area contributed by atoms with Crippen LogP contribution < -0.4 is 5.32 Å². The Labute approximate surface area is 162 Å². The van der Waals surface area contributed by atoms with Crippen LogP contribution in [0.25, 0.3) is 0 Å². The zero-order chi connectivity index (χ0) is 17.5. The number of carbonyl (C=O) groups excluding carboxylic acids is 1. The minimum atomic E-state index is -0.510. The number of aromatic nitrogens is 3. The van der Waals surface area contributed by atoms with Gasteiger partial charge in [0.1, 0.15) is 0 Å². The number of halogens is 2. The Balaban J connectivity index is 0.00000312. The molecule has 0 spiro atoms. The summed E-state index contributed by atoms with van der Waals surface area (Å²) in [5, 5.41) is 11.8. The number of esters is 1. The molecule has 0 atom stereocenters. The van der Waals surface area contributed by atoms with Crippen LogP contribution in [0.1, 0.15) is 24.3 Å². The van der Waals surface area contributed by atoms with E-state index < -0.39 is 5.97 Å². The SMILES string of the molecule is CCN(CC)CCn1nc(Nc2ccc(Br)cc2)c(C(=O)OC)n1.Cl. The molecule has 0 bridgehead atoms. The normalized spacial score (nSPS) is 10.4. The maximum Gasteiger partial charge on any atom is 0.362 e. The van der Waals surface area contributed by atoms with Crippen molar-refractivity contribution in [3.63, 3.8) is 0 Å². The second-order valence-electron chi connectivity index (χ2n) is 5.14. The highest BCUT2D eigenvalue weighted by Gasteiger charge is 2.19. The zero-order valence-corrected chi connectivity index (χ0v) is 16.9. The zero-order valence-electron chi connectivity index (χ0n) is 14.5. The van der Waals surface area contributed by atoms with Crippen molar-refractivity contribution < 1.29 is 9.53 Å². The van der Waals surface area contributed by atoms with E-state index in [1.54, 1.807) is 0 Å². The lowest BCUT2D eigenvalue weighted by atomic mass is 10.3. The van der Waals surface area contributed by atoms with Gasteiger partial charge in [0.2, 0.25) is 5.69 Å². The fraction of sp³-hybridized carbons (Fsp3) is 0.438. The molecule has 7 nitrogen and oxygen atoms in total. The molecule has 1 heterocycles. The predicted octanol–water partition coefficient (Wildman–Crippen LogP) is 3.33. The maximum atomic E-state index is 11.9. The number of anilines is 2. The molecule has 0 saturated carbocycles. The predicted molar refractivity (Wildman–Crippen MR) is 104 cm³/mol. The highest BCUT2D eigenvalue weighted by molar-refractivity contribution is 9.10. The van der Waals surface area contributed by atoms with Gasteiger partial charge in [-0.1, -0.05) is 29.8 Å². The van der Waals surface area contributed by atoms with Crippen LogP contribution in [0.3, 0.4) is 0 Å². The van der Waals surface area contributed by atoms with Crippen LogP contribution in [0, 0.1) is 0 Å². The lowest BCUT2D eigenvalue weighted by molar-refractivity contribution is 0.0594. The summed E-state index contributed by atoms with van der Waals surface area (Å²) in [5.74, 6) is -0.118. The molecule has 2 rings (SSSR count). The average Bonchev–Trinajstić information content (AvgIpc) is 3.00. The first-order chi connectivity index (χ1) is 11.6. The molecular weight excluding hydrogens is 410 g/mol. The lowest BCUT2D eigenvalue weighted by Crippen LogP contribution is -2.27. The number of ether oxygens (including phenoxy) is 1. The summed E-state index contributed by atoms with van der Waals surface area (Å²) in [4.78, 5) is 15.7. The van der Waals surface area contributed by atoms with E-state index >= 15 is 0 Å². The highest BCUT2D eigenvalue weighted by atomic mass is 79.9. The van der Waals surface area contributed by atoms with Crippen LogP contribution >= 0.6 is 28.3 Å². The molecule has 2 aromatic rings. The molecule has 0 saturated heterocycles. The van der Waals surface area contributed by atoms with Crippen LogP contribution in [-0.4, -0.2) is 52.6 Å². The number of nitrogens with zero attached hydrogens (tertiary/aromatic N) is 4. The lowest BCUT2D eigenvalue weighted by Gasteiger charge is -2.16. The van der Waals surface area contributed by atoms with E-state index in [1.807, 2.05) is 24.3 Å². The van der Waals surface area contributed by atoms with Crippen molar-refractivity contribution >= 4 is 45.8 Å². The third-order valence-corrected chi connectivity index (χ3v) is 4.18. The van der Waals surface area contributed by atoms with Crippen molar-refractivity contribution in [3.8, 4) is 0 Å². The molecular formula is C16H23BrClN5O2. The van der Waals surface area contributed by atoms with E-state index in [1.165, 1.54) is 11.9 Å². The summed E-state index contributed by atoms with van der Waals surface area (Å²) in [5.41, 5.74) is 0.999. The number of benzene rings is 1. The van der Waals surface area contributed by atoms with Gasteiger partial charge >= 0.3 is 5.97 Å². The Morgan fingerprint density at radius 3 is 2.44 bits per heavy atom. The standard InChI is InChI=1S/C16H22BrN5O2.ClH/c1-4-21(5-2)10-11-22-19-14(16(23)24-3)15(20-22)18-13-8-6-12(17)7-9-13;/h6-9H,4-5,10-11H2,1-3H3,(H,18,20);1H. The Morgan fingerprint density at radius 2 is 1.88 bits per heavy atom. The fourth-order valence-electron chi connectivity index (χ4n) is 2.21. The van der Waals surface area contributed by atoms with Gasteiger partial charge in [0.05, 0.1) is 13.7 Å². The van der Waals surface area contributed by atoms with Gasteiger partial charge in [-0.2, -0.15) is 4.80 Å². The van der Waals surface area contributed by atoms with Crippen molar-refractivity contribution in [2.24, 2.45) is 0 Å². The number of carbonyl (C=O) groups is 1. The molecule has 0 radical (unpaired) electrons. The first-order valence-electron chi connectivity index (χ1n) is 7.85. The molecule has 0 unspecified atom stereocenters. The van der Waals surface area contributed by atoms with Crippen molar-refractivity contribution in [1.29, 1.82) is 0 Å². The van der Waals surface area contributed by atoms with Gasteiger partial charge in [0, 0.05) is 16.7 Å². The summed E-state index contributed by atoms with van der Waals surface area (Å²) < 4.78 is 5.78. The van der Waals surface area contributed by atoms with Gasteiger partial charge in [-0.15, -0.1) is 22.6 Å². The fourth-order valence-corrected chi connectivity index (χ4v) is 2.47. The minimum absolute atomic E-state index is 0. The largest absolute Gasteiger partial charge is 0.464 e. The third-order valence-electron chi connectivity index (χ3n) is 3.65. The Hall–Kier alpha value is -1.64. The molecule has 0 aliphatic heterocycles.